The molecule has 0 aliphatic carbocycles. The van der Waals surface area contributed by atoms with Crippen molar-refractivity contribution in [2.45, 2.75) is 19.4 Å². The fourth-order valence-electron chi connectivity index (χ4n) is 1.96. The Bertz CT molecular complexity index is 153. The standard InChI is InChI=1S/C10H20N2O/c1-8(10-2-3-13-7-10)12-6-9-4-11-5-9/h8-12H,2-7H2,1H3. The molecule has 0 saturated carbocycles. The molecule has 2 rings (SSSR count). The van der Waals surface area contributed by atoms with Crippen LogP contribution in [0.1, 0.15) is 13.3 Å². The Morgan fingerprint density at radius 3 is 2.92 bits per heavy atom. The van der Waals surface area contributed by atoms with Crippen LogP contribution >= 0.6 is 0 Å². The van der Waals surface area contributed by atoms with Gasteiger partial charge in [0.25, 0.3) is 0 Å². The van der Waals surface area contributed by atoms with Gasteiger partial charge >= 0.3 is 0 Å². The number of hydrogen-bond donors (Lipinski definition) is 2. The first-order valence-electron chi connectivity index (χ1n) is 5.38. The Kier molecular flexibility index (Phi) is 3.19. The van der Waals surface area contributed by atoms with Gasteiger partial charge in [0.15, 0.2) is 0 Å². The third kappa shape index (κ3) is 2.42. The van der Waals surface area contributed by atoms with Gasteiger partial charge in [-0.05, 0) is 25.2 Å². The molecule has 0 aromatic carbocycles. The first-order chi connectivity index (χ1) is 6.36. The minimum atomic E-state index is 0.628. The van der Waals surface area contributed by atoms with E-state index in [4.69, 9.17) is 4.74 Å². The molecule has 2 aliphatic heterocycles. The number of nitrogens with one attached hydrogen (secondary N) is 2. The number of hydrogen-bond acceptors (Lipinski definition) is 3. The Morgan fingerprint density at radius 1 is 1.54 bits per heavy atom. The maximum Gasteiger partial charge on any atom is 0.0509 e. The number of rotatable bonds is 4. The molecule has 2 aliphatic rings. The van der Waals surface area contributed by atoms with Crippen molar-refractivity contribution in [3.05, 3.63) is 0 Å². The van der Waals surface area contributed by atoms with Crippen LogP contribution in [0.4, 0.5) is 0 Å². The van der Waals surface area contributed by atoms with E-state index in [0.29, 0.717) is 6.04 Å². The van der Waals surface area contributed by atoms with Crippen molar-refractivity contribution in [1.29, 1.82) is 0 Å². The molecule has 13 heavy (non-hydrogen) atoms. The molecule has 3 nitrogen and oxygen atoms in total. The Balaban J connectivity index is 1.62. The third-order valence-electron chi connectivity index (χ3n) is 3.27. The lowest BCUT2D eigenvalue weighted by Gasteiger charge is -2.30. The lowest BCUT2D eigenvalue weighted by molar-refractivity contribution is 0.176. The molecule has 76 valence electrons. The molecule has 2 N–H and O–H groups in total. The van der Waals surface area contributed by atoms with Crippen LogP contribution in [0.15, 0.2) is 0 Å². The van der Waals surface area contributed by atoms with Gasteiger partial charge in [0.2, 0.25) is 0 Å². The van der Waals surface area contributed by atoms with Gasteiger partial charge in [-0.15, -0.1) is 0 Å². The Labute approximate surface area is 80.2 Å². The van der Waals surface area contributed by atoms with Crippen LogP contribution in [-0.4, -0.2) is 38.9 Å². The molecule has 3 heteroatoms. The Hall–Kier alpha value is -0.120. The molecular formula is C10H20N2O. The summed E-state index contributed by atoms with van der Waals surface area (Å²) in [7, 11) is 0. The summed E-state index contributed by atoms with van der Waals surface area (Å²) < 4.78 is 5.37. The summed E-state index contributed by atoms with van der Waals surface area (Å²) in [6.07, 6.45) is 1.23. The highest BCUT2D eigenvalue weighted by atomic mass is 16.5. The molecule has 2 unspecified atom stereocenters. The maximum atomic E-state index is 5.37. The van der Waals surface area contributed by atoms with Crippen molar-refractivity contribution in [3.63, 3.8) is 0 Å². The van der Waals surface area contributed by atoms with Crippen LogP contribution in [-0.2, 0) is 4.74 Å². The minimum Gasteiger partial charge on any atom is -0.381 e. The predicted molar refractivity (Wildman–Crippen MR) is 52.8 cm³/mol. The average molecular weight is 184 g/mol. The van der Waals surface area contributed by atoms with E-state index in [0.717, 1.165) is 25.0 Å². The van der Waals surface area contributed by atoms with Crippen LogP contribution in [0.5, 0.6) is 0 Å². The van der Waals surface area contributed by atoms with E-state index < -0.39 is 0 Å². The average Bonchev–Trinajstić information content (AvgIpc) is 2.52. The zero-order valence-corrected chi connectivity index (χ0v) is 8.38. The topological polar surface area (TPSA) is 33.3 Å². The summed E-state index contributed by atoms with van der Waals surface area (Å²) in [5.41, 5.74) is 0. The summed E-state index contributed by atoms with van der Waals surface area (Å²) in [5, 5.41) is 6.90. The minimum absolute atomic E-state index is 0.628. The summed E-state index contributed by atoms with van der Waals surface area (Å²) in [4.78, 5) is 0. The normalized spacial score (nSPS) is 31.6. The maximum absolute atomic E-state index is 5.37. The van der Waals surface area contributed by atoms with E-state index in [1.54, 1.807) is 0 Å². The molecule has 0 amide bonds. The molecule has 0 aromatic rings. The van der Waals surface area contributed by atoms with E-state index in [2.05, 4.69) is 17.6 Å². The van der Waals surface area contributed by atoms with Crippen molar-refractivity contribution in [2.24, 2.45) is 11.8 Å². The Morgan fingerprint density at radius 2 is 2.38 bits per heavy atom. The summed E-state index contributed by atoms with van der Waals surface area (Å²) in [5.74, 6) is 1.61. The molecule has 0 radical (unpaired) electrons. The lowest BCUT2D eigenvalue weighted by atomic mass is 9.98. The molecule has 2 heterocycles. The zero-order chi connectivity index (χ0) is 9.10. The fraction of sp³-hybridized carbons (Fsp3) is 1.00. The zero-order valence-electron chi connectivity index (χ0n) is 8.38. The summed E-state index contributed by atoms with van der Waals surface area (Å²) in [6.45, 7) is 7.76. The second-order valence-electron chi connectivity index (χ2n) is 4.34. The lowest BCUT2D eigenvalue weighted by Crippen LogP contribution is -2.49. The van der Waals surface area contributed by atoms with Gasteiger partial charge < -0.3 is 15.4 Å². The molecule has 2 saturated heterocycles. The highest BCUT2D eigenvalue weighted by Gasteiger charge is 2.23. The highest BCUT2D eigenvalue weighted by Crippen LogP contribution is 2.16. The molecule has 0 bridgehead atoms. The third-order valence-corrected chi connectivity index (χ3v) is 3.27. The van der Waals surface area contributed by atoms with E-state index in [1.165, 1.54) is 26.1 Å². The van der Waals surface area contributed by atoms with Crippen LogP contribution < -0.4 is 10.6 Å². The summed E-state index contributed by atoms with van der Waals surface area (Å²) >= 11 is 0. The summed E-state index contributed by atoms with van der Waals surface area (Å²) in [6, 6.07) is 0.628. The highest BCUT2D eigenvalue weighted by molar-refractivity contribution is 4.81. The molecule has 0 spiro atoms. The SMILES string of the molecule is CC(NCC1CNC1)C1CCOC1. The van der Waals surface area contributed by atoms with Gasteiger partial charge in [-0.25, -0.2) is 0 Å². The van der Waals surface area contributed by atoms with E-state index in [1.807, 2.05) is 0 Å². The van der Waals surface area contributed by atoms with Gasteiger partial charge in [-0.2, -0.15) is 0 Å². The van der Waals surface area contributed by atoms with Crippen molar-refractivity contribution in [1.82, 2.24) is 10.6 Å². The predicted octanol–water partition coefficient (Wildman–Crippen LogP) is 0.220. The van der Waals surface area contributed by atoms with Crippen molar-refractivity contribution in [3.8, 4) is 0 Å². The van der Waals surface area contributed by atoms with Gasteiger partial charge in [-0.3, -0.25) is 0 Å². The molecule has 0 aromatic heterocycles. The molecular weight excluding hydrogens is 164 g/mol. The van der Waals surface area contributed by atoms with Crippen LogP contribution in [0.25, 0.3) is 0 Å². The second kappa shape index (κ2) is 4.40. The number of ether oxygens (including phenoxy) is 1. The van der Waals surface area contributed by atoms with Crippen LogP contribution in [0, 0.1) is 11.8 Å². The quantitative estimate of drug-likeness (QED) is 0.656. The second-order valence-corrected chi connectivity index (χ2v) is 4.34. The van der Waals surface area contributed by atoms with Gasteiger partial charge in [-0.1, -0.05) is 0 Å². The van der Waals surface area contributed by atoms with E-state index >= 15 is 0 Å². The first-order valence-corrected chi connectivity index (χ1v) is 5.38. The molecule has 2 atom stereocenters. The van der Waals surface area contributed by atoms with E-state index in [9.17, 15) is 0 Å². The fourth-order valence-corrected chi connectivity index (χ4v) is 1.96. The van der Waals surface area contributed by atoms with Crippen LogP contribution in [0.2, 0.25) is 0 Å². The van der Waals surface area contributed by atoms with Crippen molar-refractivity contribution >= 4 is 0 Å². The van der Waals surface area contributed by atoms with Crippen molar-refractivity contribution < 1.29 is 4.74 Å². The van der Waals surface area contributed by atoms with Gasteiger partial charge in [0.1, 0.15) is 0 Å². The van der Waals surface area contributed by atoms with Gasteiger partial charge in [0, 0.05) is 32.3 Å². The first kappa shape index (κ1) is 9.44. The smallest absolute Gasteiger partial charge is 0.0509 e. The largest absolute Gasteiger partial charge is 0.381 e. The van der Waals surface area contributed by atoms with Crippen molar-refractivity contribution in [2.75, 3.05) is 32.8 Å². The molecule has 2 fully saturated rings. The van der Waals surface area contributed by atoms with Crippen LogP contribution in [0.3, 0.4) is 0 Å². The van der Waals surface area contributed by atoms with Gasteiger partial charge in [0.05, 0.1) is 6.61 Å². The monoisotopic (exact) mass is 184 g/mol. The van der Waals surface area contributed by atoms with E-state index in [-0.39, 0.29) is 0 Å².